The molecule has 1 aromatic rings. The number of nitrogens with two attached hydrogens (primary N) is 2. The van der Waals surface area contributed by atoms with Crippen molar-refractivity contribution in [1.82, 2.24) is 0 Å². The molecule has 0 bridgehead atoms. The molecule has 0 aromatic heterocycles. The van der Waals surface area contributed by atoms with Crippen LogP contribution in [0, 0.1) is 5.92 Å². The number of carbonyl (C=O) groups excluding carboxylic acids is 1. The summed E-state index contributed by atoms with van der Waals surface area (Å²) in [5, 5.41) is 0.749. The van der Waals surface area contributed by atoms with Gasteiger partial charge >= 0.3 is 0 Å². The van der Waals surface area contributed by atoms with Gasteiger partial charge in [0.1, 0.15) is 0 Å². The van der Waals surface area contributed by atoms with Gasteiger partial charge in [0.15, 0.2) is 0 Å². The van der Waals surface area contributed by atoms with E-state index < -0.39 is 5.91 Å². The largest absolute Gasteiger partial charge is 0.398 e. The zero-order valence-electron chi connectivity index (χ0n) is 11.4. The number of nitrogen functional groups attached to an aromatic ring is 1. The molecular formula is C15H22N2OS. The molecule has 1 saturated carbocycles. The van der Waals surface area contributed by atoms with Gasteiger partial charge in [0.2, 0.25) is 5.91 Å². The van der Waals surface area contributed by atoms with E-state index in [2.05, 4.69) is 6.92 Å². The van der Waals surface area contributed by atoms with Crippen LogP contribution in [0.1, 0.15) is 48.5 Å². The lowest BCUT2D eigenvalue weighted by Crippen LogP contribution is -2.15. The first-order valence-corrected chi connectivity index (χ1v) is 7.91. The molecule has 4 heteroatoms. The van der Waals surface area contributed by atoms with Crippen molar-refractivity contribution >= 4 is 23.4 Å². The summed E-state index contributed by atoms with van der Waals surface area (Å²) < 4.78 is 0. The van der Waals surface area contributed by atoms with Crippen molar-refractivity contribution in [2.45, 2.75) is 43.6 Å². The average Bonchev–Trinajstić information content (AvgIpc) is 2.37. The Morgan fingerprint density at radius 1 is 1.42 bits per heavy atom. The second-order valence-corrected chi connectivity index (χ2v) is 6.77. The molecule has 2 atom stereocenters. The molecule has 0 radical (unpaired) electrons. The molecule has 2 rings (SSSR count). The number of benzene rings is 1. The summed E-state index contributed by atoms with van der Waals surface area (Å²) >= 11 is 1.99. The van der Waals surface area contributed by atoms with Crippen LogP contribution >= 0.6 is 11.8 Å². The number of hydrogen-bond acceptors (Lipinski definition) is 3. The number of hydrogen-bond donors (Lipinski definition) is 2. The van der Waals surface area contributed by atoms with Crippen LogP contribution in [0.5, 0.6) is 0 Å². The highest BCUT2D eigenvalue weighted by molar-refractivity contribution is 7.99. The lowest BCUT2D eigenvalue weighted by molar-refractivity contribution is 0.100. The fourth-order valence-corrected chi connectivity index (χ4v) is 4.09. The molecule has 0 spiro atoms. The Bertz CT molecular complexity index is 461. The molecular weight excluding hydrogens is 256 g/mol. The number of primary amides is 1. The Kier molecular flexibility index (Phi) is 4.75. The van der Waals surface area contributed by atoms with Crippen LogP contribution in [0.15, 0.2) is 18.2 Å². The van der Waals surface area contributed by atoms with E-state index in [1.165, 1.54) is 25.7 Å². The molecule has 1 fully saturated rings. The predicted octanol–water partition coefficient (Wildman–Crippen LogP) is 3.18. The van der Waals surface area contributed by atoms with Crippen molar-refractivity contribution in [2.24, 2.45) is 11.7 Å². The van der Waals surface area contributed by atoms with Crippen molar-refractivity contribution in [3.05, 3.63) is 29.3 Å². The summed E-state index contributed by atoms with van der Waals surface area (Å²) in [6.07, 6.45) is 5.33. The van der Waals surface area contributed by atoms with Crippen LogP contribution < -0.4 is 11.5 Å². The fraction of sp³-hybridized carbons (Fsp3) is 0.533. The first kappa shape index (κ1) is 14.3. The molecule has 19 heavy (non-hydrogen) atoms. The minimum Gasteiger partial charge on any atom is -0.398 e. The van der Waals surface area contributed by atoms with Crippen LogP contribution in [0.4, 0.5) is 5.69 Å². The van der Waals surface area contributed by atoms with Gasteiger partial charge in [-0.3, -0.25) is 4.79 Å². The maximum atomic E-state index is 11.1. The van der Waals surface area contributed by atoms with Crippen molar-refractivity contribution in [3.63, 3.8) is 0 Å². The van der Waals surface area contributed by atoms with Gasteiger partial charge in [0.25, 0.3) is 0 Å². The first-order chi connectivity index (χ1) is 9.06. The third-order valence-corrected chi connectivity index (χ3v) is 5.17. The summed E-state index contributed by atoms with van der Waals surface area (Å²) in [7, 11) is 0. The smallest absolute Gasteiger partial charge is 0.248 e. The third-order valence-electron chi connectivity index (χ3n) is 3.79. The highest BCUT2D eigenvalue weighted by Crippen LogP contribution is 2.34. The molecule has 1 aliphatic rings. The van der Waals surface area contributed by atoms with Gasteiger partial charge in [0.05, 0.1) is 0 Å². The van der Waals surface area contributed by atoms with Crippen molar-refractivity contribution < 1.29 is 4.79 Å². The number of rotatable bonds is 4. The van der Waals surface area contributed by atoms with Crippen LogP contribution in [-0.4, -0.2) is 11.2 Å². The van der Waals surface area contributed by atoms with E-state index in [9.17, 15) is 4.79 Å². The minimum atomic E-state index is -0.424. The van der Waals surface area contributed by atoms with Gasteiger partial charge in [0, 0.05) is 22.3 Å². The Balaban J connectivity index is 1.94. The third kappa shape index (κ3) is 3.90. The van der Waals surface area contributed by atoms with Crippen molar-refractivity contribution in [3.8, 4) is 0 Å². The summed E-state index contributed by atoms with van der Waals surface area (Å²) in [5.41, 5.74) is 13.5. The van der Waals surface area contributed by atoms with Gasteiger partial charge in [-0.25, -0.2) is 0 Å². The molecule has 4 N–H and O–H groups in total. The Morgan fingerprint density at radius 2 is 2.21 bits per heavy atom. The van der Waals surface area contributed by atoms with Crippen LogP contribution in [0.3, 0.4) is 0 Å². The number of amides is 1. The number of thioether (sulfide) groups is 1. The van der Waals surface area contributed by atoms with Crippen molar-refractivity contribution in [1.29, 1.82) is 0 Å². The van der Waals surface area contributed by atoms with Gasteiger partial charge < -0.3 is 11.5 Å². The Labute approximate surface area is 119 Å². The second kappa shape index (κ2) is 6.33. The summed E-state index contributed by atoms with van der Waals surface area (Å²) in [5.74, 6) is 1.34. The molecule has 104 valence electrons. The number of anilines is 1. The zero-order valence-corrected chi connectivity index (χ0v) is 12.2. The topological polar surface area (TPSA) is 69.1 Å². The second-order valence-electron chi connectivity index (χ2n) is 5.48. The van der Waals surface area contributed by atoms with E-state index in [1.807, 2.05) is 17.8 Å². The number of carbonyl (C=O) groups is 1. The Hall–Kier alpha value is -1.16. The van der Waals surface area contributed by atoms with Gasteiger partial charge in [-0.15, -0.1) is 0 Å². The summed E-state index contributed by atoms with van der Waals surface area (Å²) in [6, 6.07) is 5.37. The average molecular weight is 278 g/mol. The molecule has 0 heterocycles. The maximum Gasteiger partial charge on any atom is 0.248 e. The van der Waals surface area contributed by atoms with E-state index in [0.29, 0.717) is 11.3 Å². The monoisotopic (exact) mass is 278 g/mol. The normalized spacial score (nSPS) is 23.2. The SMILES string of the molecule is CC1CCCC(SCc2ccc(C(N)=O)cc2N)C1. The summed E-state index contributed by atoms with van der Waals surface area (Å²) in [4.78, 5) is 11.1. The zero-order chi connectivity index (χ0) is 13.8. The van der Waals surface area contributed by atoms with Gasteiger partial charge in [-0.05, 0) is 36.5 Å². The minimum absolute atomic E-state index is 0.424. The lowest BCUT2D eigenvalue weighted by Gasteiger charge is -2.26. The van der Waals surface area contributed by atoms with Gasteiger partial charge in [-0.2, -0.15) is 11.8 Å². The van der Waals surface area contributed by atoms with Crippen LogP contribution in [-0.2, 0) is 5.75 Å². The van der Waals surface area contributed by atoms with E-state index >= 15 is 0 Å². The highest BCUT2D eigenvalue weighted by atomic mass is 32.2. The molecule has 3 nitrogen and oxygen atoms in total. The molecule has 1 amide bonds. The van der Waals surface area contributed by atoms with E-state index in [-0.39, 0.29) is 0 Å². The van der Waals surface area contributed by atoms with Crippen LogP contribution in [0.25, 0.3) is 0 Å². The highest BCUT2D eigenvalue weighted by Gasteiger charge is 2.19. The molecule has 2 unspecified atom stereocenters. The van der Waals surface area contributed by atoms with Gasteiger partial charge in [-0.1, -0.05) is 25.8 Å². The van der Waals surface area contributed by atoms with Crippen molar-refractivity contribution in [2.75, 3.05) is 5.73 Å². The maximum absolute atomic E-state index is 11.1. The molecule has 0 aliphatic heterocycles. The van der Waals surface area contributed by atoms with Crippen LogP contribution in [0.2, 0.25) is 0 Å². The predicted molar refractivity (Wildman–Crippen MR) is 82.1 cm³/mol. The van der Waals surface area contributed by atoms with E-state index in [1.54, 1.807) is 12.1 Å². The van der Waals surface area contributed by atoms with E-state index in [0.717, 1.165) is 22.5 Å². The molecule has 1 aliphatic carbocycles. The molecule has 0 saturated heterocycles. The first-order valence-electron chi connectivity index (χ1n) is 6.86. The molecule has 1 aromatic carbocycles. The van der Waals surface area contributed by atoms with E-state index in [4.69, 9.17) is 11.5 Å². The quantitative estimate of drug-likeness (QED) is 0.831. The Morgan fingerprint density at radius 3 is 2.84 bits per heavy atom. The standard InChI is InChI=1S/C15H22N2OS/c1-10-3-2-4-13(7-10)19-9-12-6-5-11(15(17)18)8-14(12)16/h5-6,8,10,13H,2-4,7,9,16H2,1H3,(H2,17,18). The lowest BCUT2D eigenvalue weighted by atomic mass is 9.91. The fourth-order valence-electron chi connectivity index (χ4n) is 2.62. The summed E-state index contributed by atoms with van der Waals surface area (Å²) in [6.45, 7) is 2.34.